The van der Waals surface area contributed by atoms with Gasteiger partial charge in [0.15, 0.2) is 5.60 Å². The van der Waals surface area contributed by atoms with Gasteiger partial charge < -0.3 is 19.3 Å². The van der Waals surface area contributed by atoms with Crippen molar-refractivity contribution in [2.45, 2.75) is 39.2 Å². The van der Waals surface area contributed by atoms with Crippen LogP contribution in [0.1, 0.15) is 33.6 Å². The number of aliphatic hydroxyl groups is 1. The van der Waals surface area contributed by atoms with Crippen LogP contribution in [-0.4, -0.2) is 78.0 Å². The fourth-order valence-corrected chi connectivity index (χ4v) is 1.37. The molecule has 0 heterocycles. The van der Waals surface area contributed by atoms with Crippen LogP contribution in [0.15, 0.2) is 0 Å². The Morgan fingerprint density at radius 2 is 1.20 bits per heavy atom. The fourth-order valence-electron chi connectivity index (χ4n) is 1.37. The predicted octanol–water partition coefficient (Wildman–Crippen LogP) is -0.461. The van der Waals surface area contributed by atoms with Gasteiger partial charge >= 0.3 is 47.5 Å². The molecule has 7 nitrogen and oxygen atoms in total. The molecule has 20 heavy (non-hydrogen) atoms. The van der Waals surface area contributed by atoms with E-state index in [2.05, 4.69) is 14.2 Å². The number of ether oxygens (including phenoxy) is 3. The third kappa shape index (κ3) is 7.84. The van der Waals surface area contributed by atoms with Crippen LogP contribution < -0.4 is 0 Å². The van der Waals surface area contributed by atoms with Crippen molar-refractivity contribution < 1.29 is 33.7 Å². The predicted molar refractivity (Wildman–Crippen MR) is 71.2 cm³/mol. The molecule has 0 spiro atoms. The molecule has 0 aromatic carbocycles. The fraction of sp³-hybridized carbons (Fsp3) is 0.750. The van der Waals surface area contributed by atoms with Gasteiger partial charge in [-0.05, 0) is 20.8 Å². The van der Waals surface area contributed by atoms with Crippen LogP contribution in [0.2, 0.25) is 0 Å². The Labute approximate surface area is 140 Å². The molecule has 0 fully saturated rings. The SMILES string of the molecule is CCOC(=O)CC(O)(CC(=O)OCC)C(=O)OCC.[NaH]. The van der Waals surface area contributed by atoms with Gasteiger partial charge in [0.2, 0.25) is 0 Å². The number of esters is 3. The third-order valence-electron chi connectivity index (χ3n) is 2.14. The van der Waals surface area contributed by atoms with E-state index in [1.54, 1.807) is 20.8 Å². The Hall–Kier alpha value is -0.630. The van der Waals surface area contributed by atoms with E-state index in [0.717, 1.165) is 0 Å². The van der Waals surface area contributed by atoms with Gasteiger partial charge in [-0.15, -0.1) is 0 Å². The van der Waals surface area contributed by atoms with Crippen molar-refractivity contribution in [3.8, 4) is 0 Å². The number of rotatable bonds is 8. The molecule has 0 amide bonds. The zero-order valence-corrected chi connectivity index (χ0v) is 11.4. The van der Waals surface area contributed by atoms with Gasteiger partial charge in [0.05, 0.1) is 32.7 Å². The molecule has 0 rings (SSSR count). The van der Waals surface area contributed by atoms with Crippen LogP contribution in [0.4, 0.5) is 0 Å². The first-order chi connectivity index (χ1) is 8.89. The molecule has 0 aromatic heterocycles. The second-order valence-electron chi connectivity index (χ2n) is 3.72. The number of carbonyl (C=O) groups is 3. The second kappa shape index (κ2) is 11.1. The zero-order valence-electron chi connectivity index (χ0n) is 11.4. The summed E-state index contributed by atoms with van der Waals surface area (Å²) in [5.74, 6) is -2.62. The Balaban J connectivity index is 0. The van der Waals surface area contributed by atoms with Crippen molar-refractivity contribution >= 4 is 47.5 Å². The van der Waals surface area contributed by atoms with Gasteiger partial charge in [0.1, 0.15) is 0 Å². The van der Waals surface area contributed by atoms with Crippen molar-refractivity contribution in [3.63, 3.8) is 0 Å². The summed E-state index contributed by atoms with van der Waals surface area (Å²) in [6.07, 6.45) is -1.31. The van der Waals surface area contributed by atoms with Gasteiger partial charge in [0.25, 0.3) is 0 Å². The first-order valence-corrected chi connectivity index (χ1v) is 6.10. The van der Waals surface area contributed by atoms with E-state index >= 15 is 0 Å². The number of hydrogen-bond donors (Lipinski definition) is 1. The van der Waals surface area contributed by atoms with E-state index in [1.807, 2.05) is 0 Å². The number of hydrogen-bond acceptors (Lipinski definition) is 7. The van der Waals surface area contributed by atoms with Crippen LogP contribution in [-0.2, 0) is 28.6 Å². The average Bonchev–Trinajstić information content (AvgIpc) is 2.29. The second-order valence-corrected chi connectivity index (χ2v) is 3.72. The van der Waals surface area contributed by atoms with E-state index in [0.29, 0.717) is 0 Å². The molecule has 0 aliphatic carbocycles. The van der Waals surface area contributed by atoms with Crippen molar-refractivity contribution in [3.05, 3.63) is 0 Å². The average molecular weight is 300 g/mol. The van der Waals surface area contributed by atoms with Gasteiger partial charge in [-0.3, -0.25) is 9.59 Å². The molecule has 0 aromatic rings. The van der Waals surface area contributed by atoms with E-state index < -0.39 is 36.4 Å². The molecule has 0 saturated heterocycles. The van der Waals surface area contributed by atoms with E-state index in [9.17, 15) is 19.5 Å². The summed E-state index contributed by atoms with van der Waals surface area (Å²) in [7, 11) is 0. The van der Waals surface area contributed by atoms with Crippen LogP contribution in [0.3, 0.4) is 0 Å². The monoisotopic (exact) mass is 300 g/mol. The van der Waals surface area contributed by atoms with Crippen LogP contribution >= 0.6 is 0 Å². The topological polar surface area (TPSA) is 99.1 Å². The summed E-state index contributed by atoms with van der Waals surface area (Å²) in [4.78, 5) is 34.4. The molecule has 0 aliphatic rings. The van der Waals surface area contributed by atoms with Gasteiger partial charge in [-0.25, -0.2) is 4.79 Å². The Kier molecular flexibility index (Phi) is 12.0. The molecule has 0 radical (unpaired) electrons. The Bertz CT molecular complexity index is 310. The van der Waals surface area contributed by atoms with Gasteiger partial charge in [-0.2, -0.15) is 0 Å². The normalized spacial score (nSPS) is 10.2. The minimum atomic E-state index is -2.26. The van der Waals surface area contributed by atoms with Crippen LogP contribution in [0.25, 0.3) is 0 Å². The zero-order chi connectivity index (χ0) is 14.9. The van der Waals surface area contributed by atoms with Crippen molar-refractivity contribution in [1.82, 2.24) is 0 Å². The van der Waals surface area contributed by atoms with Crippen molar-refractivity contribution in [2.75, 3.05) is 19.8 Å². The molecular formula is C12H21NaO7. The maximum absolute atomic E-state index is 11.7. The molecular weight excluding hydrogens is 279 g/mol. The summed E-state index contributed by atoms with van der Waals surface area (Å²) in [6, 6.07) is 0. The molecule has 0 atom stereocenters. The van der Waals surface area contributed by atoms with Gasteiger partial charge in [0, 0.05) is 0 Å². The van der Waals surface area contributed by atoms with E-state index in [4.69, 9.17) is 0 Å². The number of carbonyl (C=O) groups excluding carboxylic acids is 3. The molecule has 0 saturated carbocycles. The standard InChI is InChI=1S/C12H20O7.Na.H/c1-4-17-9(13)7-12(16,11(15)19-6-3)8-10(14)18-5-2;;/h16H,4-8H2,1-3H3;;. The summed E-state index contributed by atoms with van der Waals surface area (Å²) in [5.41, 5.74) is -2.26. The molecule has 0 aliphatic heterocycles. The molecule has 0 bridgehead atoms. The Morgan fingerprint density at radius 3 is 1.50 bits per heavy atom. The summed E-state index contributed by atoms with van der Waals surface area (Å²) >= 11 is 0. The summed E-state index contributed by atoms with van der Waals surface area (Å²) in [6.45, 7) is 4.97. The van der Waals surface area contributed by atoms with Crippen LogP contribution in [0, 0.1) is 0 Å². The molecule has 112 valence electrons. The minimum absolute atomic E-state index is 0. The van der Waals surface area contributed by atoms with E-state index in [1.165, 1.54) is 0 Å². The van der Waals surface area contributed by atoms with Crippen molar-refractivity contribution in [2.24, 2.45) is 0 Å². The Morgan fingerprint density at radius 1 is 0.850 bits per heavy atom. The molecule has 0 unspecified atom stereocenters. The third-order valence-corrected chi connectivity index (χ3v) is 2.14. The maximum atomic E-state index is 11.7. The van der Waals surface area contributed by atoms with Gasteiger partial charge in [-0.1, -0.05) is 0 Å². The quantitative estimate of drug-likeness (QED) is 0.368. The first kappa shape index (κ1) is 21.7. The van der Waals surface area contributed by atoms with Crippen molar-refractivity contribution in [1.29, 1.82) is 0 Å². The summed E-state index contributed by atoms with van der Waals surface area (Å²) in [5, 5.41) is 10.1. The van der Waals surface area contributed by atoms with Crippen LogP contribution in [0.5, 0.6) is 0 Å². The summed E-state index contributed by atoms with van der Waals surface area (Å²) < 4.78 is 14.0. The molecule has 8 heteroatoms. The van der Waals surface area contributed by atoms with E-state index in [-0.39, 0.29) is 49.4 Å². The molecule has 1 N–H and O–H groups in total. The first-order valence-electron chi connectivity index (χ1n) is 6.10.